The van der Waals surface area contributed by atoms with Gasteiger partial charge in [-0.2, -0.15) is 0 Å². The molecule has 0 saturated carbocycles. The van der Waals surface area contributed by atoms with Crippen LogP contribution in [0.3, 0.4) is 0 Å². The molecule has 1 rings (SSSR count). The lowest BCUT2D eigenvalue weighted by molar-refractivity contribution is -0.330. The Hall–Kier alpha value is -1.13. The molecule has 0 fully saturated rings. The number of nitrogens with two attached hydrogens (primary N) is 1. The first-order valence-corrected chi connectivity index (χ1v) is 4.96. The highest BCUT2D eigenvalue weighted by Crippen LogP contribution is 2.19. The molecule has 15 heavy (non-hydrogen) atoms. The fourth-order valence-electron chi connectivity index (χ4n) is 0.710. The van der Waals surface area contributed by atoms with Crippen LogP contribution in [0, 0.1) is 0 Å². The van der Waals surface area contributed by atoms with E-state index in [0.29, 0.717) is 3.97 Å². The molecule has 1 unspecified atom stereocenters. The van der Waals surface area contributed by atoms with Gasteiger partial charge in [0.15, 0.2) is 0 Å². The number of alkyl halides is 3. The standard InChI is InChI=1S/C5H6F3N3O3S/c6-5(7,8)14-4(9)15(12,13)11-2-1-10-3-11/h1-4H,9H2. The third-order valence-electron chi connectivity index (χ3n) is 1.32. The van der Waals surface area contributed by atoms with Crippen molar-refractivity contribution in [2.75, 3.05) is 0 Å². The minimum absolute atomic E-state index is 0.434. The van der Waals surface area contributed by atoms with Gasteiger partial charge in [0.25, 0.3) is 10.0 Å². The maximum atomic E-state index is 11.7. The Labute approximate surface area is 82.5 Å². The van der Waals surface area contributed by atoms with Crippen LogP contribution < -0.4 is 5.73 Å². The molecule has 0 spiro atoms. The maximum absolute atomic E-state index is 11.7. The molecule has 0 amide bonds. The van der Waals surface area contributed by atoms with Gasteiger partial charge >= 0.3 is 6.36 Å². The van der Waals surface area contributed by atoms with Crippen LogP contribution in [0.1, 0.15) is 0 Å². The zero-order valence-electron chi connectivity index (χ0n) is 7.05. The second-order valence-corrected chi connectivity index (χ2v) is 4.29. The van der Waals surface area contributed by atoms with Gasteiger partial charge in [0, 0.05) is 12.4 Å². The third-order valence-corrected chi connectivity index (χ3v) is 2.80. The highest BCUT2D eigenvalue weighted by atomic mass is 32.2. The summed E-state index contributed by atoms with van der Waals surface area (Å²) in [6.45, 7) is 0. The van der Waals surface area contributed by atoms with E-state index in [1.165, 1.54) is 0 Å². The van der Waals surface area contributed by atoms with Crippen LogP contribution >= 0.6 is 0 Å². The first kappa shape index (κ1) is 11.9. The van der Waals surface area contributed by atoms with E-state index in [0.717, 1.165) is 18.7 Å². The zero-order chi connectivity index (χ0) is 11.7. The van der Waals surface area contributed by atoms with Crippen molar-refractivity contribution in [3.05, 3.63) is 18.7 Å². The van der Waals surface area contributed by atoms with Gasteiger partial charge in [-0.25, -0.2) is 17.4 Å². The summed E-state index contributed by atoms with van der Waals surface area (Å²) >= 11 is 0. The summed E-state index contributed by atoms with van der Waals surface area (Å²) in [6, 6.07) is 0. The molecule has 86 valence electrons. The Morgan fingerprint density at radius 3 is 2.47 bits per heavy atom. The molecule has 1 heterocycles. The molecule has 0 aliphatic rings. The summed E-state index contributed by atoms with van der Waals surface area (Å²) in [5, 5.41) is 0. The Balaban J connectivity index is 2.89. The summed E-state index contributed by atoms with van der Waals surface area (Å²) in [5.41, 5.74) is 2.23. The minimum Gasteiger partial charge on any atom is -0.291 e. The fraction of sp³-hybridized carbons (Fsp3) is 0.400. The van der Waals surface area contributed by atoms with Gasteiger partial charge < -0.3 is 0 Å². The highest BCUT2D eigenvalue weighted by Gasteiger charge is 2.38. The molecule has 1 aromatic rings. The largest absolute Gasteiger partial charge is 0.524 e. The number of aromatic nitrogens is 2. The predicted molar refractivity (Wildman–Crippen MR) is 41.7 cm³/mol. The number of rotatable bonds is 3. The summed E-state index contributed by atoms with van der Waals surface area (Å²) in [6.07, 6.45) is -2.30. The lowest BCUT2D eigenvalue weighted by Crippen LogP contribution is -2.40. The zero-order valence-corrected chi connectivity index (χ0v) is 7.86. The third kappa shape index (κ3) is 2.91. The van der Waals surface area contributed by atoms with Crippen molar-refractivity contribution >= 4 is 10.0 Å². The summed E-state index contributed by atoms with van der Waals surface area (Å²) in [5.74, 6) is 0. The number of halogens is 3. The molecule has 0 aliphatic carbocycles. The quantitative estimate of drug-likeness (QED) is 0.747. The smallest absolute Gasteiger partial charge is 0.291 e. The van der Waals surface area contributed by atoms with Crippen molar-refractivity contribution in [1.82, 2.24) is 8.96 Å². The molecule has 0 radical (unpaired) electrons. The lowest BCUT2D eigenvalue weighted by atomic mass is 11.0. The van der Waals surface area contributed by atoms with Crippen molar-refractivity contribution in [3.8, 4) is 0 Å². The topological polar surface area (TPSA) is 87.2 Å². The first-order valence-electron chi connectivity index (χ1n) is 3.46. The van der Waals surface area contributed by atoms with E-state index in [1.54, 1.807) is 0 Å². The van der Waals surface area contributed by atoms with Crippen LogP contribution in [0.15, 0.2) is 18.7 Å². The predicted octanol–water partition coefficient (Wildman–Crippen LogP) is -0.160. The average Bonchev–Trinajstić information content (AvgIpc) is 2.52. The van der Waals surface area contributed by atoms with Crippen molar-refractivity contribution in [1.29, 1.82) is 0 Å². The second kappa shape index (κ2) is 3.79. The first-order chi connectivity index (χ1) is 6.73. The van der Waals surface area contributed by atoms with Gasteiger partial charge in [-0.3, -0.25) is 10.5 Å². The second-order valence-electron chi connectivity index (χ2n) is 2.37. The van der Waals surface area contributed by atoms with Gasteiger partial charge in [-0.15, -0.1) is 13.2 Å². The number of nitrogens with zero attached hydrogens (tertiary/aromatic N) is 2. The van der Waals surface area contributed by atoms with Crippen LogP contribution in [0.5, 0.6) is 0 Å². The molecule has 10 heteroatoms. The monoisotopic (exact) mass is 245 g/mol. The van der Waals surface area contributed by atoms with E-state index in [9.17, 15) is 21.6 Å². The molecular weight excluding hydrogens is 239 g/mol. The van der Waals surface area contributed by atoms with Crippen molar-refractivity contribution in [2.45, 2.75) is 11.9 Å². The van der Waals surface area contributed by atoms with Crippen LogP contribution in [-0.4, -0.2) is 29.3 Å². The normalized spacial score (nSPS) is 15.2. The maximum Gasteiger partial charge on any atom is 0.524 e. The molecule has 0 saturated heterocycles. The van der Waals surface area contributed by atoms with Gasteiger partial charge in [0.1, 0.15) is 6.33 Å². The Morgan fingerprint density at radius 1 is 1.47 bits per heavy atom. The van der Waals surface area contributed by atoms with Gasteiger partial charge in [-0.05, 0) is 0 Å². The lowest BCUT2D eigenvalue weighted by Gasteiger charge is -2.15. The van der Waals surface area contributed by atoms with Gasteiger partial charge in [-0.1, -0.05) is 0 Å². The number of hydrogen-bond donors (Lipinski definition) is 1. The van der Waals surface area contributed by atoms with E-state index in [-0.39, 0.29) is 0 Å². The van der Waals surface area contributed by atoms with E-state index >= 15 is 0 Å². The van der Waals surface area contributed by atoms with Crippen LogP contribution in [0.4, 0.5) is 13.2 Å². The fourth-order valence-corrected chi connectivity index (χ4v) is 1.59. The molecule has 6 nitrogen and oxygen atoms in total. The molecule has 1 aromatic heterocycles. The molecular formula is C5H6F3N3O3S. The van der Waals surface area contributed by atoms with Crippen LogP contribution in [0.25, 0.3) is 0 Å². The van der Waals surface area contributed by atoms with Crippen molar-refractivity contribution < 1.29 is 26.3 Å². The minimum atomic E-state index is -5.12. The summed E-state index contributed by atoms with van der Waals surface area (Å²) in [7, 11) is -4.44. The number of ether oxygens (including phenoxy) is 1. The summed E-state index contributed by atoms with van der Waals surface area (Å²) in [4.78, 5) is 3.36. The molecule has 2 N–H and O–H groups in total. The molecule has 0 aliphatic heterocycles. The molecule has 0 aromatic carbocycles. The van der Waals surface area contributed by atoms with Crippen LogP contribution in [0.2, 0.25) is 0 Å². The van der Waals surface area contributed by atoms with Gasteiger partial charge in [0.05, 0.1) is 0 Å². The van der Waals surface area contributed by atoms with Crippen molar-refractivity contribution in [2.24, 2.45) is 5.73 Å². The van der Waals surface area contributed by atoms with E-state index < -0.39 is 21.9 Å². The Kier molecular flexibility index (Phi) is 3.02. The van der Waals surface area contributed by atoms with E-state index in [2.05, 4.69) is 9.72 Å². The van der Waals surface area contributed by atoms with Gasteiger partial charge in [0.2, 0.25) is 5.56 Å². The summed E-state index contributed by atoms with van der Waals surface area (Å²) < 4.78 is 61.1. The van der Waals surface area contributed by atoms with Crippen LogP contribution in [-0.2, 0) is 14.8 Å². The number of hydrogen-bond acceptors (Lipinski definition) is 5. The Bertz CT molecular complexity index is 412. The number of imidazole rings is 1. The average molecular weight is 245 g/mol. The highest BCUT2D eigenvalue weighted by molar-refractivity contribution is 7.90. The molecule has 1 atom stereocenters. The van der Waals surface area contributed by atoms with Crippen molar-refractivity contribution in [3.63, 3.8) is 0 Å². The SMILES string of the molecule is NC(OC(F)(F)F)S(=O)(=O)n1ccnc1. The molecule has 0 bridgehead atoms. The Morgan fingerprint density at radius 2 is 2.07 bits per heavy atom. The van der Waals surface area contributed by atoms with E-state index in [1.807, 2.05) is 0 Å². The van der Waals surface area contributed by atoms with E-state index in [4.69, 9.17) is 5.73 Å².